The first-order valence-corrected chi connectivity index (χ1v) is 6.31. The van der Waals surface area contributed by atoms with Gasteiger partial charge in [0.25, 0.3) is 5.91 Å². The maximum atomic E-state index is 13.1. The highest BCUT2D eigenvalue weighted by molar-refractivity contribution is 5.94. The first-order chi connectivity index (χ1) is 10.6. The molecule has 2 aromatic rings. The minimum atomic E-state index is -0.643. The van der Waals surface area contributed by atoms with Gasteiger partial charge >= 0.3 is 6.03 Å². The minimum Gasteiger partial charge on any atom is -0.334 e. The fraction of sp³-hybridized carbons (Fsp3) is 0.154. The first-order valence-electron chi connectivity index (χ1n) is 6.31. The largest absolute Gasteiger partial charge is 0.334 e. The van der Waals surface area contributed by atoms with E-state index in [0.717, 1.165) is 4.80 Å². The second kappa shape index (κ2) is 7.07. The molecular weight excluding hydrogens is 291 g/mol. The molecule has 1 heterocycles. The van der Waals surface area contributed by atoms with Gasteiger partial charge in [-0.2, -0.15) is 4.80 Å². The Bertz CT molecular complexity index is 699. The number of nitrogens with zero attached hydrogens (tertiary/aromatic N) is 4. The van der Waals surface area contributed by atoms with Gasteiger partial charge in [0.05, 0.1) is 0 Å². The number of carbonyl (C=O) groups is 2. The van der Waals surface area contributed by atoms with Crippen molar-refractivity contribution in [2.75, 3.05) is 6.54 Å². The van der Waals surface area contributed by atoms with Crippen LogP contribution >= 0.6 is 0 Å². The topological polar surface area (TPSA) is 102 Å². The smallest absolute Gasteiger partial charge is 0.321 e. The van der Waals surface area contributed by atoms with Crippen LogP contribution in [-0.4, -0.2) is 38.7 Å². The molecule has 0 bridgehead atoms. The average Bonchev–Trinajstić information content (AvgIpc) is 2.93. The van der Waals surface area contributed by atoms with Crippen LogP contribution in [0.15, 0.2) is 36.9 Å². The first kappa shape index (κ1) is 15.3. The van der Waals surface area contributed by atoms with Gasteiger partial charge in [0.1, 0.15) is 12.4 Å². The van der Waals surface area contributed by atoms with Gasteiger partial charge < -0.3 is 5.32 Å². The molecule has 0 saturated carbocycles. The lowest BCUT2D eigenvalue weighted by atomic mass is 10.2. The van der Waals surface area contributed by atoms with Crippen molar-refractivity contribution < 1.29 is 14.0 Å². The molecule has 0 radical (unpaired) electrons. The lowest BCUT2D eigenvalue weighted by Crippen LogP contribution is -2.41. The average molecular weight is 304 g/mol. The van der Waals surface area contributed by atoms with Crippen LogP contribution in [0.1, 0.15) is 0 Å². The number of aromatic nitrogens is 4. The van der Waals surface area contributed by atoms with Gasteiger partial charge in [-0.3, -0.25) is 10.1 Å². The number of imide groups is 1. The Labute approximate surface area is 125 Å². The predicted molar refractivity (Wildman–Crippen MR) is 74.9 cm³/mol. The summed E-state index contributed by atoms with van der Waals surface area (Å²) in [5.41, 5.74) is 0.440. The number of nitrogens with one attached hydrogen (secondary N) is 2. The second-order valence-corrected chi connectivity index (χ2v) is 4.20. The molecule has 0 aliphatic rings. The molecular formula is C13H13FN6O2. The molecule has 0 aliphatic carbocycles. The van der Waals surface area contributed by atoms with Crippen LogP contribution in [0.5, 0.6) is 0 Å². The van der Waals surface area contributed by atoms with Gasteiger partial charge in [-0.05, 0) is 17.3 Å². The number of halogens is 1. The Kier molecular flexibility index (Phi) is 4.91. The number of carbonyl (C=O) groups excluding carboxylic acids is 2. The zero-order chi connectivity index (χ0) is 15.9. The molecule has 0 aliphatic heterocycles. The molecule has 8 nitrogen and oxygen atoms in total. The molecule has 0 spiro atoms. The van der Waals surface area contributed by atoms with Gasteiger partial charge in [-0.15, -0.1) is 16.8 Å². The van der Waals surface area contributed by atoms with Crippen LogP contribution in [0.2, 0.25) is 0 Å². The van der Waals surface area contributed by atoms with E-state index in [-0.39, 0.29) is 18.9 Å². The number of benzene rings is 1. The quantitative estimate of drug-likeness (QED) is 0.783. The van der Waals surface area contributed by atoms with Gasteiger partial charge in [-0.1, -0.05) is 18.2 Å². The van der Waals surface area contributed by atoms with Gasteiger partial charge in [-0.25, -0.2) is 9.18 Å². The van der Waals surface area contributed by atoms with Crippen LogP contribution in [0.25, 0.3) is 11.4 Å². The van der Waals surface area contributed by atoms with E-state index in [2.05, 4.69) is 32.6 Å². The highest BCUT2D eigenvalue weighted by Crippen LogP contribution is 2.14. The van der Waals surface area contributed by atoms with Crippen LogP contribution < -0.4 is 10.6 Å². The van der Waals surface area contributed by atoms with Crippen molar-refractivity contribution in [3.05, 3.63) is 42.7 Å². The van der Waals surface area contributed by atoms with E-state index in [4.69, 9.17) is 0 Å². The van der Waals surface area contributed by atoms with Crippen molar-refractivity contribution in [2.24, 2.45) is 0 Å². The third kappa shape index (κ3) is 4.20. The number of hydrogen-bond acceptors (Lipinski definition) is 5. The van der Waals surface area contributed by atoms with Crippen molar-refractivity contribution in [3.63, 3.8) is 0 Å². The normalized spacial score (nSPS) is 10.0. The van der Waals surface area contributed by atoms with Crippen molar-refractivity contribution >= 4 is 11.9 Å². The van der Waals surface area contributed by atoms with Crippen LogP contribution in [-0.2, 0) is 11.3 Å². The molecule has 9 heteroatoms. The Hall–Kier alpha value is -3.10. The van der Waals surface area contributed by atoms with Crippen molar-refractivity contribution in [3.8, 4) is 11.4 Å². The number of urea groups is 1. The van der Waals surface area contributed by atoms with Crippen molar-refractivity contribution in [2.45, 2.75) is 6.54 Å². The van der Waals surface area contributed by atoms with Crippen LogP contribution in [0.3, 0.4) is 0 Å². The van der Waals surface area contributed by atoms with Gasteiger partial charge in [0.15, 0.2) is 0 Å². The van der Waals surface area contributed by atoms with E-state index in [9.17, 15) is 14.0 Å². The van der Waals surface area contributed by atoms with Gasteiger partial charge in [0, 0.05) is 12.1 Å². The third-order valence-corrected chi connectivity index (χ3v) is 2.48. The fourth-order valence-electron chi connectivity index (χ4n) is 1.56. The SMILES string of the molecule is C=CCNC(=O)NC(=O)Cn1nnc(-c2cccc(F)c2)n1. The molecule has 0 fully saturated rings. The Morgan fingerprint density at radius 3 is 2.95 bits per heavy atom. The van der Waals surface area contributed by atoms with E-state index in [0.29, 0.717) is 5.56 Å². The third-order valence-electron chi connectivity index (χ3n) is 2.48. The summed E-state index contributed by atoms with van der Waals surface area (Å²) in [6.07, 6.45) is 1.48. The number of amides is 3. The molecule has 2 rings (SSSR count). The maximum Gasteiger partial charge on any atom is 0.321 e. The van der Waals surface area contributed by atoms with E-state index in [1.165, 1.54) is 24.3 Å². The predicted octanol–water partition coefficient (Wildman–Crippen LogP) is 0.491. The van der Waals surface area contributed by atoms with Crippen LogP contribution in [0, 0.1) is 5.82 Å². The van der Waals surface area contributed by atoms with Crippen molar-refractivity contribution in [1.29, 1.82) is 0 Å². The monoisotopic (exact) mass is 304 g/mol. The zero-order valence-corrected chi connectivity index (χ0v) is 11.5. The molecule has 22 heavy (non-hydrogen) atoms. The van der Waals surface area contributed by atoms with Crippen LogP contribution in [0.4, 0.5) is 9.18 Å². The van der Waals surface area contributed by atoms with E-state index in [1.807, 2.05) is 0 Å². The van der Waals surface area contributed by atoms with Crippen molar-refractivity contribution in [1.82, 2.24) is 30.8 Å². The molecule has 0 unspecified atom stereocenters. The van der Waals surface area contributed by atoms with E-state index >= 15 is 0 Å². The molecule has 1 aromatic heterocycles. The summed E-state index contributed by atoms with van der Waals surface area (Å²) in [5.74, 6) is -0.848. The fourth-order valence-corrected chi connectivity index (χ4v) is 1.56. The summed E-state index contributed by atoms with van der Waals surface area (Å²) in [6, 6.07) is 5.04. The molecule has 1 aromatic carbocycles. The Morgan fingerprint density at radius 2 is 2.23 bits per heavy atom. The minimum absolute atomic E-state index is 0.184. The molecule has 3 amide bonds. The molecule has 0 atom stereocenters. The second-order valence-electron chi connectivity index (χ2n) is 4.20. The summed E-state index contributed by atoms with van der Waals surface area (Å²) in [4.78, 5) is 23.9. The van der Waals surface area contributed by atoms with E-state index in [1.54, 1.807) is 6.07 Å². The summed E-state index contributed by atoms with van der Waals surface area (Å²) in [7, 11) is 0. The summed E-state index contributed by atoms with van der Waals surface area (Å²) in [5, 5.41) is 15.8. The van der Waals surface area contributed by atoms with E-state index < -0.39 is 17.8 Å². The number of rotatable bonds is 5. The summed E-state index contributed by atoms with van der Waals surface area (Å²) >= 11 is 0. The zero-order valence-electron chi connectivity index (χ0n) is 11.5. The molecule has 2 N–H and O–H groups in total. The number of tetrazole rings is 1. The number of hydrogen-bond donors (Lipinski definition) is 2. The molecule has 0 saturated heterocycles. The molecule has 114 valence electrons. The lowest BCUT2D eigenvalue weighted by Gasteiger charge is -2.03. The van der Waals surface area contributed by atoms with Gasteiger partial charge in [0.2, 0.25) is 5.82 Å². The lowest BCUT2D eigenvalue weighted by molar-refractivity contribution is -0.121. The summed E-state index contributed by atoms with van der Waals surface area (Å²) < 4.78 is 13.1. The Morgan fingerprint density at radius 1 is 1.41 bits per heavy atom. The maximum absolute atomic E-state index is 13.1. The highest BCUT2D eigenvalue weighted by Gasteiger charge is 2.11. The standard InChI is InChI=1S/C13H13FN6O2/c1-2-6-15-13(22)16-11(21)8-20-18-12(17-19-20)9-4-3-5-10(14)7-9/h2-5,7H,1,6,8H2,(H2,15,16,21,22). The Balaban J connectivity index is 1.96. The summed E-state index contributed by atoms with van der Waals surface area (Å²) in [6.45, 7) is 3.38. The highest BCUT2D eigenvalue weighted by atomic mass is 19.1.